The van der Waals surface area contributed by atoms with E-state index in [1.54, 1.807) is 0 Å². The van der Waals surface area contributed by atoms with Crippen molar-refractivity contribution in [1.82, 2.24) is 0 Å². The van der Waals surface area contributed by atoms with Gasteiger partial charge in [0, 0.05) is 5.75 Å². The summed E-state index contributed by atoms with van der Waals surface area (Å²) in [6, 6.07) is 0. The lowest BCUT2D eigenvalue weighted by atomic mass is 9.72. The second-order valence-corrected chi connectivity index (χ2v) is 6.14. The molecule has 1 aliphatic rings. The van der Waals surface area contributed by atoms with Gasteiger partial charge in [-0.15, -0.1) is 0 Å². The van der Waals surface area contributed by atoms with E-state index in [9.17, 15) is 22.8 Å². The number of hydrogen-bond acceptors (Lipinski definition) is 5. The zero-order valence-electron chi connectivity index (χ0n) is 12.0. The van der Waals surface area contributed by atoms with Crippen LogP contribution in [0.3, 0.4) is 0 Å². The van der Waals surface area contributed by atoms with Gasteiger partial charge >= 0.3 is 17.4 Å². The molecule has 122 valence electrons. The van der Waals surface area contributed by atoms with Crippen molar-refractivity contribution in [3.8, 4) is 0 Å². The first-order valence-electron chi connectivity index (χ1n) is 6.65. The quantitative estimate of drug-likeness (QED) is 0.554. The standard InChI is InChI=1S/C13H19F3O4S/c1-19-10(17)12(11(18)20-2,9-5-3-4-6-9)7-8-21-13(14,15)16/h9H,3-8H2,1-2H3. The minimum Gasteiger partial charge on any atom is -0.468 e. The topological polar surface area (TPSA) is 52.6 Å². The molecular formula is C13H19F3O4S. The van der Waals surface area contributed by atoms with Gasteiger partial charge in [0.2, 0.25) is 0 Å². The highest BCUT2D eigenvalue weighted by molar-refractivity contribution is 8.00. The number of methoxy groups -OCH3 is 2. The van der Waals surface area contributed by atoms with E-state index in [1.165, 1.54) is 0 Å². The van der Waals surface area contributed by atoms with Gasteiger partial charge in [0.1, 0.15) is 0 Å². The Hall–Kier alpha value is -0.920. The number of alkyl halides is 3. The van der Waals surface area contributed by atoms with Crippen LogP contribution in [0.4, 0.5) is 13.2 Å². The summed E-state index contributed by atoms with van der Waals surface area (Å²) in [6.45, 7) is 0. The number of carbonyl (C=O) groups is 2. The van der Waals surface area contributed by atoms with Gasteiger partial charge in [-0.3, -0.25) is 9.59 Å². The second kappa shape index (κ2) is 7.38. The van der Waals surface area contributed by atoms with Gasteiger partial charge in [-0.1, -0.05) is 24.6 Å². The molecule has 0 aromatic carbocycles. The fourth-order valence-corrected chi connectivity index (χ4v) is 3.59. The lowest BCUT2D eigenvalue weighted by Gasteiger charge is -2.33. The lowest BCUT2D eigenvalue weighted by Crippen LogP contribution is -2.47. The smallest absolute Gasteiger partial charge is 0.441 e. The molecule has 0 atom stereocenters. The zero-order valence-corrected chi connectivity index (χ0v) is 12.8. The molecule has 8 heteroatoms. The van der Waals surface area contributed by atoms with Crippen LogP contribution in [0, 0.1) is 11.3 Å². The number of esters is 2. The van der Waals surface area contributed by atoms with Crippen LogP contribution in [-0.4, -0.2) is 37.4 Å². The summed E-state index contributed by atoms with van der Waals surface area (Å²) in [6.07, 6.45) is 2.67. The molecule has 0 aliphatic heterocycles. The molecule has 0 bridgehead atoms. The van der Waals surface area contributed by atoms with Crippen molar-refractivity contribution in [3.05, 3.63) is 0 Å². The molecule has 0 heterocycles. The summed E-state index contributed by atoms with van der Waals surface area (Å²) >= 11 is -0.241. The minimum absolute atomic E-state index is 0.235. The summed E-state index contributed by atoms with van der Waals surface area (Å²) in [5, 5.41) is 0. The van der Waals surface area contributed by atoms with Crippen molar-refractivity contribution < 1.29 is 32.2 Å². The highest BCUT2D eigenvalue weighted by Gasteiger charge is 2.54. The largest absolute Gasteiger partial charge is 0.468 e. The molecule has 1 aliphatic carbocycles. The molecule has 4 nitrogen and oxygen atoms in total. The molecule has 1 fully saturated rings. The van der Waals surface area contributed by atoms with Crippen LogP contribution in [0.1, 0.15) is 32.1 Å². The third-order valence-corrected chi connectivity index (χ3v) is 4.65. The molecule has 21 heavy (non-hydrogen) atoms. The molecule has 0 amide bonds. The van der Waals surface area contributed by atoms with Crippen molar-refractivity contribution >= 4 is 23.7 Å². The Morgan fingerprint density at radius 1 is 1.10 bits per heavy atom. The molecule has 0 unspecified atom stereocenters. The van der Waals surface area contributed by atoms with E-state index in [0.717, 1.165) is 27.1 Å². The summed E-state index contributed by atoms with van der Waals surface area (Å²) in [7, 11) is 2.26. The van der Waals surface area contributed by atoms with E-state index in [-0.39, 0.29) is 29.9 Å². The Balaban J connectivity index is 2.99. The molecule has 0 aromatic heterocycles. The van der Waals surface area contributed by atoms with E-state index >= 15 is 0 Å². The van der Waals surface area contributed by atoms with Crippen LogP contribution in [0.25, 0.3) is 0 Å². The van der Waals surface area contributed by atoms with Gasteiger partial charge in [-0.2, -0.15) is 13.2 Å². The maximum Gasteiger partial charge on any atom is 0.441 e. The fraction of sp³-hybridized carbons (Fsp3) is 0.846. The Bertz CT molecular complexity index is 362. The predicted molar refractivity (Wildman–Crippen MR) is 71.6 cm³/mol. The number of halogens is 3. The van der Waals surface area contributed by atoms with Crippen molar-refractivity contribution in [2.24, 2.45) is 11.3 Å². The van der Waals surface area contributed by atoms with Crippen molar-refractivity contribution in [1.29, 1.82) is 0 Å². The van der Waals surface area contributed by atoms with E-state index in [4.69, 9.17) is 9.47 Å². The maximum atomic E-state index is 12.3. The average Bonchev–Trinajstić information content (AvgIpc) is 2.95. The van der Waals surface area contributed by atoms with Gasteiger partial charge in [0.15, 0.2) is 5.41 Å². The Morgan fingerprint density at radius 2 is 1.57 bits per heavy atom. The predicted octanol–water partition coefficient (Wildman–Crippen LogP) is 3.15. The van der Waals surface area contributed by atoms with Crippen LogP contribution < -0.4 is 0 Å². The van der Waals surface area contributed by atoms with Gasteiger partial charge in [-0.05, 0) is 25.2 Å². The van der Waals surface area contributed by atoms with Gasteiger partial charge in [0.25, 0.3) is 0 Å². The van der Waals surface area contributed by atoms with Gasteiger partial charge in [0.05, 0.1) is 14.2 Å². The van der Waals surface area contributed by atoms with Crippen LogP contribution in [0.2, 0.25) is 0 Å². The molecule has 0 spiro atoms. The molecule has 0 radical (unpaired) electrons. The Labute approximate surface area is 125 Å². The van der Waals surface area contributed by atoms with Crippen molar-refractivity contribution in [3.63, 3.8) is 0 Å². The third-order valence-electron chi connectivity index (χ3n) is 3.91. The van der Waals surface area contributed by atoms with Gasteiger partial charge in [-0.25, -0.2) is 0 Å². The molecule has 1 saturated carbocycles. The summed E-state index contributed by atoms with van der Waals surface area (Å²) in [4.78, 5) is 24.3. The van der Waals surface area contributed by atoms with Crippen LogP contribution >= 0.6 is 11.8 Å². The van der Waals surface area contributed by atoms with E-state index in [1.807, 2.05) is 0 Å². The minimum atomic E-state index is -4.40. The monoisotopic (exact) mass is 328 g/mol. The van der Waals surface area contributed by atoms with Crippen molar-refractivity contribution in [2.45, 2.75) is 37.6 Å². The van der Waals surface area contributed by atoms with E-state index < -0.39 is 22.9 Å². The molecule has 0 N–H and O–H groups in total. The van der Waals surface area contributed by atoms with E-state index in [2.05, 4.69) is 0 Å². The first-order valence-corrected chi connectivity index (χ1v) is 7.64. The molecule has 0 aromatic rings. The maximum absolute atomic E-state index is 12.3. The normalized spacial score (nSPS) is 16.8. The SMILES string of the molecule is COC(=O)C(CCSC(F)(F)F)(C(=O)OC)C1CCCC1. The van der Waals surface area contributed by atoms with Crippen LogP contribution in [0.15, 0.2) is 0 Å². The summed E-state index contributed by atoms with van der Waals surface area (Å²) < 4.78 is 46.3. The van der Waals surface area contributed by atoms with E-state index in [0.29, 0.717) is 12.8 Å². The number of hydrogen-bond donors (Lipinski definition) is 0. The first-order chi connectivity index (χ1) is 9.78. The number of thioether (sulfide) groups is 1. The fourth-order valence-electron chi connectivity index (χ4n) is 2.94. The second-order valence-electron chi connectivity index (χ2n) is 4.98. The Morgan fingerprint density at radius 3 is 1.95 bits per heavy atom. The molecular weight excluding hydrogens is 309 g/mol. The Kier molecular flexibility index (Phi) is 6.37. The van der Waals surface area contributed by atoms with Crippen LogP contribution in [0.5, 0.6) is 0 Å². The molecule has 1 rings (SSSR count). The average molecular weight is 328 g/mol. The lowest BCUT2D eigenvalue weighted by molar-refractivity contribution is -0.174. The third kappa shape index (κ3) is 4.28. The number of carbonyl (C=O) groups excluding carboxylic acids is 2. The highest BCUT2D eigenvalue weighted by Crippen LogP contribution is 2.46. The zero-order chi connectivity index (χ0) is 16.1. The number of rotatable bonds is 6. The first kappa shape index (κ1) is 18.1. The summed E-state index contributed by atoms with van der Waals surface area (Å²) in [5.41, 5.74) is -6.02. The highest BCUT2D eigenvalue weighted by atomic mass is 32.2. The van der Waals surface area contributed by atoms with Crippen LogP contribution in [-0.2, 0) is 19.1 Å². The van der Waals surface area contributed by atoms with Gasteiger partial charge < -0.3 is 9.47 Å². The van der Waals surface area contributed by atoms with Crippen molar-refractivity contribution in [2.75, 3.05) is 20.0 Å². The molecule has 0 saturated heterocycles. The summed E-state index contributed by atoms with van der Waals surface area (Å²) in [5.74, 6) is -2.32. The number of ether oxygens (including phenoxy) is 2.